The number of aryl methyl sites for hydroxylation is 1. The van der Waals surface area contributed by atoms with Crippen LogP contribution >= 0.6 is 23.2 Å². The first-order valence-corrected chi connectivity index (χ1v) is 12.0. The molecule has 0 amide bonds. The number of halogens is 2. The number of H-pyrrole nitrogens is 1. The van der Waals surface area contributed by atoms with Gasteiger partial charge in [-0.25, -0.2) is 9.97 Å². The van der Waals surface area contributed by atoms with Gasteiger partial charge in [0.15, 0.2) is 0 Å². The van der Waals surface area contributed by atoms with Crippen LogP contribution in [0.15, 0.2) is 53.3 Å². The summed E-state index contributed by atoms with van der Waals surface area (Å²) < 4.78 is 1.69. The van der Waals surface area contributed by atoms with E-state index in [0.29, 0.717) is 49.2 Å². The van der Waals surface area contributed by atoms with Crippen molar-refractivity contribution in [2.45, 2.75) is 6.92 Å². The minimum atomic E-state index is -0.711. The summed E-state index contributed by atoms with van der Waals surface area (Å²) in [5, 5.41) is 26.7. The molecule has 0 fully saturated rings. The minimum Gasteiger partial charge on any atom is -0.323 e. The number of hydrogen-bond donors (Lipinski definition) is 2. The third-order valence-corrected chi connectivity index (χ3v) is 6.64. The monoisotopic (exact) mass is 565 g/mol. The standard InChI is InChI=1S/C25H17Cl2N7O5/c1-12(8-13-9-14(33(36)37)11-15(10-13)34(38)39)23-28-18-6-7-19-22(20(18)24(35)31-23)32(2)25(29-19)30-21-16(26)4-3-5-17(21)27/h3-11H,1-2H3,(H,29,30)(H,28,31,35)/b12-8+. The molecule has 12 nitrogen and oxygen atoms in total. The maximum absolute atomic E-state index is 13.3. The Morgan fingerprint density at radius 2 is 1.62 bits per heavy atom. The SMILES string of the molecule is C/C(=C\c1cc([N+](=O)[O-])cc([N+](=O)[O-])c1)c1nc2ccc3nc(Nc4c(Cl)cccc4Cl)n(C)c3c2c(=O)[nH]1. The van der Waals surface area contributed by atoms with Crippen molar-refractivity contribution in [1.82, 2.24) is 19.5 Å². The molecule has 39 heavy (non-hydrogen) atoms. The number of para-hydroxylation sites is 1. The summed E-state index contributed by atoms with van der Waals surface area (Å²) in [6.07, 6.45) is 1.47. The van der Waals surface area contributed by atoms with Crippen molar-refractivity contribution in [2.24, 2.45) is 7.05 Å². The molecule has 0 radical (unpaired) electrons. The number of aromatic amines is 1. The fraction of sp³-hybridized carbons (Fsp3) is 0.0800. The lowest BCUT2D eigenvalue weighted by molar-refractivity contribution is -0.394. The molecule has 0 saturated carbocycles. The molecular formula is C25H17Cl2N7O5. The van der Waals surface area contributed by atoms with E-state index in [9.17, 15) is 25.0 Å². The number of fused-ring (bicyclic) bond motifs is 3. The van der Waals surface area contributed by atoms with Crippen LogP contribution in [0.25, 0.3) is 33.6 Å². The van der Waals surface area contributed by atoms with Crippen LogP contribution in [-0.2, 0) is 7.05 Å². The topological polar surface area (TPSA) is 162 Å². The zero-order valence-electron chi connectivity index (χ0n) is 20.2. The van der Waals surface area contributed by atoms with Crippen molar-refractivity contribution in [3.63, 3.8) is 0 Å². The van der Waals surface area contributed by atoms with Gasteiger partial charge < -0.3 is 14.9 Å². The van der Waals surface area contributed by atoms with Crippen LogP contribution < -0.4 is 10.9 Å². The maximum Gasteiger partial charge on any atom is 0.276 e. The van der Waals surface area contributed by atoms with Gasteiger partial charge in [-0.2, -0.15) is 0 Å². The van der Waals surface area contributed by atoms with Crippen LogP contribution in [0, 0.1) is 20.2 Å². The van der Waals surface area contributed by atoms with E-state index in [2.05, 4.69) is 20.3 Å². The fourth-order valence-electron chi connectivity index (χ4n) is 4.19. The maximum atomic E-state index is 13.3. The highest BCUT2D eigenvalue weighted by atomic mass is 35.5. The molecular weight excluding hydrogens is 549 g/mol. The lowest BCUT2D eigenvalue weighted by Gasteiger charge is -2.10. The number of hydrogen-bond acceptors (Lipinski definition) is 8. The fourth-order valence-corrected chi connectivity index (χ4v) is 4.68. The number of nitro benzene ring substituents is 2. The minimum absolute atomic E-state index is 0.198. The number of non-ortho nitro benzene ring substituents is 2. The Morgan fingerprint density at radius 3 is 2.23 bits per heavy atom. The third-order valence-electron chi connectivity index (χ3n) is 6.01. The highest BCUT2D eigenvalue weighted by molar-refractivity contribution is 6.39. The number of benzene rings is 3. The van der Waals surface area contributed by atoms with Crippen LogP contribution in [0.2, 0.25) is 10.0 Å². The van der Waals surface area contributed by atoms with Crippen LogP contribution in [0.5, 0.6) is 0 Å². The molecule has 3 aromatic carbocycles. The molecule has 5 rings (SSSR count). The first-order chi connectivity index (χ1) is 18.5. The summed E-state index contributed by atoms with van der Waals surface area (Å²) in [7, 11) is 1.73. The van der Waals surface area contributed by atoms with Crippen molar-refractivity contribution in [1.29, 1.82) is 0 Å². The molecule has 0 spiro atoms. The molecule has 0 aliphatic heterocycles. The molecule has 5 aromatic rings. The van der Waals surface area contributed by atoms with Gasteiger partial charge in [0.25, 0.3) is 16.9 Å². The molecule has 0 aliphatic carbocycles. The van der Waals surface area contributed by atoms with Gasteiger partial charge in [0.2, 0.25) is 5.95 Å². The van der Waals surface area contributed by atoms with E-state index in [1.807, 2.05) is 0 Å². The molecule has 2 aromatic heterocycles. The Kier molecular flexibility index (Phi) is 6.50. The average molecular weight is 566 g/mol. The van der Waals surface area contributed by atoms with Crippen molar-refractivity contribution in [3.05, 3.63) is 101 Å². The van der Waals surface area contributed by atoms with E-state index in [4.69, 9.17) is 23.2 Å². The number of aromatic nitrogens is 4. The first-order valence-electron chi connectivity index (χ1n) is 11.3. The zero-order chi connectivity index (χ0) is 28.0. The number of nitro groups is 2. The van der Waals surface area contributed by atoms with E-state index in [1.54, 1.807) is 48.9 Å². The van der Waals surface area contributed by atoms with E-state index in [1.165, 1.54) is 18.2 Å². The van der Waals surface area contributed by atoms with Gasteiger partial charge in [-0.1, -0.05) is 29.3 Å². The predicted molar refractivity (Wildman–Crippen MR) is 150 cm³/mol. The Labute approximate surface area is 228 Å². The predicted octanol–water partition coefficient (Wildman–Crippen LogP) is 6.24. The quantitative estimate of drug-likeness (QED) is 0.180. The summed E-state index contributed by atoms with van der Waals surface area (Å²) in [6.45, 7) is 1.63. The third kappa shape index (κ3) is 4.78. The van der Waals surface area contributed by atoms with Crippen LogP contribution in [0.3, 0.4) is 0 Å². The second-order valence-corrected chi connectivity index (χ2v) is 9.40. The van der Waals surface area contributed by atoms with Gasteiger partial charge in [0.05, 0.1) is 53.6 Å². The zero-order valence-corrected chi connectivity index (χ0v) is 21.7. The number of anilines is 2. The summed E-state index contributed by atoms with van der Waals surface area (Å²) in [6, 6.07) is 11.8. The van der Waals surface area contributed by atoms with Crippen LogP contribution in [0.1, 0.15) is 18.3 Å². The highest BCUT2D eigenvalue weighted by Crippen LogP contribution is 2.34. The molecule has 2 heterocycles. The van der Waals surface area contributed by atoms with Crippen molar-refractivity contribution >= 4 is 79.8 Å². The van der Waals surface area contributed by atoms with Crippen molar-refractivity contribution < 1.29 is 9.85 Å². The second kappa shape index (κ2) is 9.82. The van der Waals surface area contributed by atoms with Gasteiger partial charge in [-0.3, -0.25) is 25.0 Å². The van der Waals surface area contributed by atoms with E-state index in [-0.39, 0.29) is 11.4 Å². The lowest BCUT2D eigenvalue weighted by Crippen LogP contribution is -2.12. The van der Waals surface area contributed by atoms with Gasteiger partial charge in [0.1, 0.15) is 5.82 Å². The van der Waals surface area contributed by atoms with Crippen LogP contribution in [-0.4, -0.2) is 29.4 Å². The van der Waals surface area contributed by atoms with E-state index in [0.717, 1.165) is 6.07 Å². The molecule has 0 atom stereocenters. The second-order valence-electron chi connectivity index (χ2n) is 8.58. The van der Waals surface area contributed by atoms with Gasteiger partial charge in [-0.05, 0) is 48.4 Å². The number of rotatable bonds is 6. The summed E-state index contributed by atoms with van der Waals surface area (Å²) >= 11 is 12.6. The lowest BCUT2D eigenvalue weighted by atomic mass is 10.1. The van der Waals surface area contributed by atoms with E-state index >= 15 is 0 Å². The number of nitrogens with one attached hydrogen (secondary N) is 2. The van der Waals surface area contributed by atoms with E-state index < -0.39 is 26.8 Å². The molecule has 0 saturated heterocycles. The Bertz CT molecular complexity index is 1880. The normalized spacial score (nSPS) is 11.7. The highest BCUT2D eigenvalue weighted by Gasteiger charge is 2.18. The molecule has 196 valence electrons. The summed E-state index contributed by atoms with van der Waals surface area (Å²) in [5.41, 5.74) is 1.26. The Hall–Kier alpha value is -4.81. The first kappa shape index (κ1) is 25.8. The summed E-state index contributed by atoms with van der Waals surface area (Å²) in [4.78, 5) is 46.2. The Morgan fingerprint density at radius 1 is 1.00 bits per heavy atom. The smallest absolute Gasteiger partial charge is 0.276 e. The molecule has 0 aliphatic rings. The molecule has 0 unspecified atom stereocenters. The average Bonchev–Trinajstić information content (AvgIpc) is 3.20. The summed E-state index contributed by atoms with van der Waals surface area (Å²) in [5.74, 6) is 0.601. The number of imidazole rings is 1. The Balaban J connectivity index is 1.60. The number of allylic oxidation sites excluding steroid dienone is 1. The van der Waals surface area contributed by atoms with Gasteiger partial charge in [-0.15, -0.1) is 0 Å². The van der Waals surface area contributed by atoms with Crippen LogP contribution in [0.4, 0.5) is 23.0 Å². The largest absolute Gasteiger partial charge is 0.323 e. The molecule has 2 N–H and O–H groups in total. The van der Waals surface area contributed by atoms with Gasteiger partial charge in [0, 0.05) is 19.2 Å². The molecule has 14 heteroatoms. The number of nitrogens with zero attached hydrogens (tertiary/aromatic N) is 5. The molecule has 0 bridgehead atoms. The van der Waals surface area contributed by atoms with Crippen molar-refractivity contribution in [2.75, 3.05) is 5.32 Å². The van der Waals surface area contributed by atoms with Crippen molar-refractivity contribution in [3.8, 4) is 0 Å². The van der Waals surface area contributed by atoms with Gasteiger partial charge >= 0.3 is 0 Å².